The van der Waals surface area contributed by atoms with Gasteiger partial charge >= 0.3 is 5.82 Å². The van der Waals surface area contributed by atoms with Crippen LogP contribution in [0.25, 0.3) is 39.6 Å². The highest BCUT2D eigenvalue weighted by Crippen LogP contribution is 2.53. The molecule has 6 rings (SSSR count). The molecule has 1 aliphatic rings. The molecule has 0 saturated heterocycles. The molecule has 2 atom stereocenters. The number of hydrogen-bond donors (Lipinski definition) is 0. The number of rotatable bonds is 5. The molecule has 0 aliphatic carbocycles. The molecule has 1 aromatic heterocycles. The molecule has 0 radical (unpaired) electrons. The van der Waals surface area contributed by atoms with E-state index in [1.54, 1.807) is 0 Å². The third-order valence-electron chi connectivity index (χ3n) is 9.88. The van der Waals surface area contributed by atoms with Crippen molar-refractivity contribution in [2.24, 2.45) is 0 Å². The molecule has 208 valence electrons. The maximum Gasteiger partial charge on any atom is 0.314 e. The number of benzene rings is 4. The molecular weight excluding hydrogens is 498 g/mol. The maximum atomic E-state index is 5.60. The van der Waals surface area contributed by atoms with Crippen LogP contribution in [0.2, 0.25) is 0 Å². The summed E-state index contributed by atoms with van der Waals surface area (Å²) in [5.41, 5.74) is 8.45. The highest BCUT2D eigenvalue weighted by Gasteiger charge is 2.57. The van der Waals surface area contributed by atoms with Gasteiger partial charge in [0.25, 0.3) is 5.82 Å². The minimum absolute atomic E-state index is 0.0680. The molecule has 0 amide bonds. The SMILES string of the molecule is CCC1(C)c2ccccc2-c2n(nc(-c3ccccc3-c3ccccc3)[n+]2-c2ccc(C(C)(C)C)cc2)C1(C)CC. The van der Waals surface area contributed by atoms with Crippen LogP contribution >= 0.6 is 0 Å². The molecular formula is C38H42N3+. The van der Waals surface area contributed by atoms with Gasteiger partial charge in [0.2, 0.25) is 0 Å². The zero-order chi connectivity index (χ0) is 29.0. The second kappa shape index (κ2) is 9.83. The lowest BCUT2D eigenvalue weighted by Crippen LogP contribution is -2.53. The summed E-state index contributed by atoms with van der Waals surface area (Å²) in [4.78, 5) is 0. The van der Waals surface area contributed by atoms with Gasteiger partial charge in [0.15, 0.2) is 0 Å². The van der Waals surface area contributed by atoms with Crippen molar-refractivity contribution in [2.45, 2.75) is 77.7 Å². The zero-order valence-corrected chi connectivity index (χ0v) is 25.6. The van der Waals surface area contributed by atoms with E-state index >= 15 is 0 Å². The smallest absolute Gasteiger partial charge is 0.190 e. The van der Waals surface area contributed by atoms with Crippen molar-refractivity contribution < 1.29 is 4.57 Å². The van der Waals surface area contributed by atoms with Crippen LogP contribution in [-0.4, -0.2) is 9.78 Å². The summed E-state index contributed by atoms with van der Waals surface area (Å²) >= 11 is 0. The Hall–Kier alpha value is -3.98. The average molecular weight is 541 g/mol. The van der Waals surface area contributed by atoms with Gasteiger partial charge in [-0.25, -0.2) is 0 Å². The quantitative estimate of drug-likeness (QED) is 0.204. The van der Waals surface area contributed by atoms with Crippen molar-refractivity contribution in [2.75, 3.05) is 0 Å². The third kappa shape index (κ3) is 4.09. The van der Waals surface area contributed by atoms with E-state index in [1.807, 2.05) is 0 Å². The Morgan fingerprint density at radius 3 is 1.88 bits per heavy atom. The first-order chi connectivity index (χ1) is 19.6. The molecule has 3 heteroatoms. The first-order valence-electron chi connectivity index (χ1n) is 15.0. The molecule has 2 heterocycles. The van der Waals surface area contributed by atoms with E-state index in [2.05, 4.69) is 161 Å². The molecule has 0 saturated carbocycles. The summed E-state index contributed by atoms with van der Waals surface area (Å²) in [5.74, 6) is 2.12. The minimum atomic E-state index is -0.210. The van der Waals surface area contributed by atoms with E-state index in [0.717, 1.165) is 35.7 Å². The molecule has 3 nitrogen and oxygen atoms in total. The molecule has 4 aromatic carbocycles. The van der Waals surface area contributed by atoms with Crippen molar-refractivity contribution >= 4 is 0 Å². The lowest BCUT2D eigenvalue weighted by molar-refractivity contribution is -0.573. The molecule has 0 fully saturated rings. The lowest BCUT2D eigenvalue weighted by Gasteiger charge is -2.46. The molecule has 0 N–H and O–H groups in total. The Morgan fingerprint density at radius 1 is 0.683 bits per heavy atom. The van der Waals surface area contributed by atoms with E-state index in [-0.39, 0.29) is 16.4 Å². The Morgan fingerprint density at radius 2 is 1.27 bits per heavy atom. The second-order valence-electron chi connectivity index (χ2n) is 13.0. The fourth-order valence-corrected chi connectivity index (χ4v) is 6.83. The van der Waals surface area contributed by atoms with Crippen molar-refractivity contribution in [3.05, 3.63) is 114 Å². The number of nitrogens with zero attached hydrogens (tertiary/aromatic N) is 3. The standard InChI is InChI=1S/C38H42N3/c1-8-37(6)33-22-16-15-21-32(33)35-40(29-25-23-28(24-26-29)36(3,4)5)34(39-41(35)38(37,7)9-2)31-20-14-13-19-30(31)27-17-11-10-12-18-27/h10-26H,8-9H2,1-7H3/q+1. The van der Waals surface area contributed by atoms with E-state index in [1.165, 1.54) is 27.8 Å². The fraction of sp³-hybridized carbons (Fsp3) is 0.316. The Balaban J connectivity index is 1.73. The van der Waals surface area contributed by atoms with Gasteiger partial charge < -0.3 is 0 Å². The van der Waals surface area contributed by atoms with E-state index < -0.39 is 0 Å². The molecule has 41 heavy (non-hydrogen) atoms. The van der Waals surface area contributed by atoms with Crippen LogP contribution in [-0.2, 0) is 16.4 Å². The Bertz CT molecular complexity index is 1710. The summed E-state index contributed by atoms with van der Waals surface area (Å²) in [6.07, 6.45) is 2.01. The predicted molar refractivity (Wildman–Crippen MR) is 170 cm³/mol. The molecule has 2 unspecified atom stereocenters. The summed E-state index contributed by atoms with van der Waals surface area (Å²) in [5, 5.41) is 5.60. The van der Waals surface area contributed by atoms with Crippen molar-refractivity contribution in [3.63, 3.8) is 0 Å². The largest absolute Gasteiger partial charge is 0.314 e. The van der Waals surface area contributed by atoms with Crippen LogP contribution in [0.3, 0.4) is 0 Å². The van der Waals surface area contributed by atoms with Gasteiger partial charge in [-0.05, 0) is 71.7 Å². The van der Waals surface area contributed by atoms with Gasteiger partial charge in [0.1, 0.15) is 11.2 Å². The first-order valence-corrected chi connectivity index (χ1v) is 15.0. The second-order valence-corrected chi connectivity index (χ2v) is 13.0. The van der Waals surface area contributed by atoms with Gasteiger partial charge in [0.05, 0.1) is 11.1 Å². The van der Waals surface area contributed by atoms with Gasteiger partial charge in [-0.15, -0.1) is 0 Å². The molecule has 0 bridgehead atoms. The molecule has 5 aromatic rings. The van der Waals surface area contributed by atoms with Crippen LogP contribution in [0.15, 0.2) is 103 Å². The monoisotopic (exact) mass is 540 g/mol. The minimum Gasteiger partial charge on any atom is -0.190 e. The van der Waals surface area contributed by atoms with Crippen molar-refractivity contribution in [1.29, 1.82) is 0 Å². The summed E-state index contributed by atoms with van der Waals surface area (Å²) in [6.45, 7) is 16.3. The van der Waals surface area contributed by atoms with Gasteiger partial charge in [0, 0.05) is 10.5 Å². The van der Waals surface area contributed by atoms with Crippen molar-refractivity contribution in [3.8, 4) is 39.6 Å². The van der Waals surface area contributed by atoms with E-state index in [0.29, 0.717) is 0 Å². The Kier molecular flexibility index (Phi) is 6.53. The number of fused-ring (bicyclic) bond motifs is 3. The van der Waals surface area contributed by atoms with Crippen LogP contribution < -0.4 is 4.57 Å². The number of hydrogen-bond acceptors (Lipinski definition) is 1. The van der Waals surface area contributed by atoms with Crippen LogP contribution in [0.1, 0.15) is 72.4 Å². The highest BCUT2D eigenvalue weighted by molar-refractivity contribution is 5.80. The summed E-state index contributed by atoms with van der Waals surface area (Å²) in [7, 11) is 0. The van der Waals surface area contributed by atoms with Gasteiger partial charge in [-0.1, -0.05) is 125 Å². The van der Waals surface area contributed by atoms with Crippen LogP contribution in [0.5, 0.6) is 0 Å². The maximum absolute atomic E-state index is 5.60. The lowest BCUT2D eigenvalue weighted by atomic mass is 9.61. The average Bonchev–Trinajstić information content (AvgIpc) is 3.41. The summed E-state index contributed by atoms with van der Waals surface area (Å²) < 4.78 is 4.78. The van der Waals surface area contributed by atoms with E-state index in [9.17, 15) is 0 Å². The highest BCUT2D eigenvalue weighted by atomic mass is 15.4. The third-order valence-corrected chi connectivity index (χ3v) is 9.88. The fourth-order valence-electron chi connectivity index (χ4n) is 6.83. The Labute approximate surface area is 245 Å². The van der Waals surface area contributed by atoms with Gasteiger partial charge in [-0.2, -0.15) is 4.57 Å². The number of aromatic nitrogens is 3. The van der Waals surface area contributed by atoms with Crippen LogP contribution in [0, 0.1) is 0 Å². The molecule has 0 spiro atoms. The van der Waals surface area contributed by atoms with Crippen molar-refractivity contribution in [1.82, 2.24) is 9.78 Å². The topological polar surface area (TPSA) is 21.7 Å². The predicted octanol–water partition coefficient (Wildman–Crippen LogP) is 9.26. The summed E-state index contributed by atoms with van der Waals surface area (Å²) in [6, 6.07) is 37.5. The molecule has 1 aliphatic heterocycles. The van der Waals surface area contributed by atoms with E-state index in [4.69, 9.17) is 5.10 Å². The normalized spacial score (nSPS) is 20.0. The van der Waals surface area contributed by atoms with Gasteiger partial charge in [-0.3, -0.25) is 0 Å². The van der Waals surface area contributed by atoms with Crippen LogP contribution in [0.4, 0.5) is 0 Å². The zero-order valence-electron chi connectivity index (χ0n) is 25.6. The first kappa shape index (κ1) is 27.2.